The molecule has 0 amide bonds. The quantitative estimate of drug-likeness (QED) is 0.333. The molecule has 31 heavy (non-hydrogen) atoms. The molecule has 0 spiro atoms. The first-order valence-electron chi connectivity index (χ1n) is 10.6. The van der Waals surface area contributed by atoms with Crippen molar-refractivity contribution in [3.05, 3.63) is 102 Å². The van der Waals surface area contributed by atoms with Gasteiger partial charge in [0.1, 0.15) is 5.69 Å². The molecular formula is C28H26N3+. The summed E-state index contributed by atoms with van der Waals surface area (Å²) in [6.45, 7) is 6.53. The summed E-state index contributed by atoms with van der Waals surface area (Å²) >= 11 is 0. The Bertz CT molecular complexity index is 1410. The molecule has 0 atom stereocenters. The van der Waals surface area contributed by atoms with Gasteiger partial charge in [-0.15, -0.1) is 0 Å². The molecule has 0 unspecified atom stereocenters. The summed E-state index contributed by atoms with van der Waals surface area (Å²) in [5, 5.41) is 0. The molecule has 0 aliphatic heterocycles. The number of hydrogen-bond donors (Lipinski definition) is 0. The average Bonchev–Trinajstić information content (AvgIpc) is 3.08. The molecule has 3 heteroatoms. The summed E-state index contributed by atoms with van der Waals surface area (Å²) in [4.78, 5) is 4.44. The molecule has 2 heterocycles. The second-order valence-electron chi connectivity index (χ2n) is 8.22. The number of aryl methyl sites for hydroxylation is 4. The molecule has 0 bridgehead atoms. The molecule has 152 valence electrons. The van der Waals surface area contributed by atoms with E-state index in [2.05, 4.69) is 115 Å². The van der Waals surface area contributed by atoms with Crippen molar-refractivity contribution in [2.45, 2.75) is 20.8 Å². The summed E-state index contributed by atoms with van der Waals surface area (Å²) < 4.78 is 4.69. The first kappa shape index (κ1) is 19.3. The van der Waals surface area contributed by atoms with E-state index in [9.17, 15) is 0 Å². The van der Waals surface area contributed by atoms with Gasteiger partial charge in [0.2, 0.25) is 0 Å². The van der Waals surface area contributed by atoms with E-state index < -0.39 is 0 Å². The van der Waals surface area contributed by atoms with Crippen LogP contribution in [0.4, 0.5) is 0 Å². The molecule has 3 aromatic carbocycles. The average molecular weight is 405 g/mol. The first-order chi connectivity index (χ1) is 15.1. The number of para-hydroxylation sites is 1. The van der Waals surface area contributed by atoms with Gasteiger partial charge in [0.25, 0.3) is 5.82 Å². The Labute approximate surface area is 183 Å². The predicted molar refractivity (Wildman–Crippen MR) is 127 cm³/mol. The Morgan fingerprint density at radius 2 is 1.55 bits per heavy atom. The van der Waals surface area contributed by atoms with Crippen LogP contribution in [0.1, 0.15) is 16.7 Å². The monoisotopic (exact) mass is 404 g/mol. The lowest BCUT2D eigenvalue weighted by molar-refractivity contribution is -0.634. The fourth-order valence-electron chi connectivity index (χ4n) is 4.59. The lowest BCUT2D eigenvalue weighted by Crippen LogP contribution is -2.31. The third-order valence-electron chi connectivity index (χ3n) is 6.15. The highest BCUT2D eigenvalue weighted by Crippen LogP contribution is 2.32. The highest BCUT2D eigenvalue weighted by molar-refractivity contribution is 5.82. The Hall–Kier alpha value is -3.72. The van der Waals surface area contributed by atoms with Gasteiger partial charge in [-0.25, -0.2) is 4.57 Å². The van der Waals surface area contributed by atoms with E-state index in [4.69, 9.17) is 0 Å². The Morgan fingerprint density at radius 1 is 0.742 bits per heavy atom. The Kier molecular flexibility index (Phi) is 4.67. The highest BCUT2D eigenvalue weighted by atomic mass is 15.2. The van der Waals surface area contributed by atoms with Crippen molar-refractivity contribution in [1.29, 1.82) is 0 Å². The Morgan fingerprint density at radius 3 is 2.29 bits per heavy atom. The maximum atomic E-state index is 4.44. The van der Waals surface area contributed by atoms with Crippen LogP contribution in [0.15, 0.2) is 85.2 Å². The topological polar surface area (TPSA) is 21.7 Å². The summed E-state index contributed by atoms with van der Waals surface area (Å²) in [5.41, 5.74) is 11.0. The van der Waals surface area contributed by atoms with Gasteiger partial charge in [0.15, 0.2) is 11.0 Å². The van der Waals surface area contributed by atoms with Gasteiger partial charge in [-0.3, -0.25) is 4.98 Å². The zero-order valence-corrected chi connectivity index (χ0v) is 18.4. The van der Waals surface area contributed by atoms with E-state index in [-0.39, 0.29) is 0 Å². The van der Waals surface area contributed by atoms with Crippen LogP contribution in [-0.2, 0) is 7.05 Å². The molecule has 0 aliphatic rings. The number of benzene rings is 3. The number of rotatable bonds is 3. The van der Waals surface area contributed by atoms with Crippen molar-refractivity contribution >= 4 is 11.0 Å². The molecule has 0 fully saturated rings. The van der Waals surface area contributed by atoms with E-state index in [1.807, 2.05) is 12.4 Å². The molecule has 5 rings (SSSR count). The molecule has 0 saturated heterocycles. The molecule has 2 aromatic heterocycles. The van der Waals surface area contributed by atoms with Crippen LogP contribution >= 0.6 is 0 Å². The predicted octanol–water partition coefficient (Wildman–Crippen LogP) is 6.11. The molecular weight excluding hydrogens is 378 g/mol. The fourth-order valence-corrected chi connectivity index (χ4v) is 4.59. The number of pyridine rings is 1. The first-order valence-corrected chi connectivity index (χ1v) is 10.6. The van der Waals surface area contributed by atoms with Crippen molar-refractivity contribution in [2.24, 2.45) is 7.05 Å². The second kappa shape index (κ2) is 7.51. The van der Waals surface area contributed by atoms with Gasteiger partial charge < -0.3 is 0 Å². The maximum absolute atomic E-state index is 4.44. The molecule has 0 radical (unpaired) electrons. The number of fused-ring (bicyclic) bond motifs is 1. The summed E-state index contributed by atoms with van der Waals surface area (Å²) in [5.74, 6) is 1.14. The third kappa shape index (κ3) is 3.14. The SMILES string of the molecule is Cc1ccncc1-c1n(-c2ccc(-c3ccccc3)cc2C)c2cccc(C)c2[n+]1C. The fraction of sp³-hybridized carbons (Fsp3) is 0.143. The maximum Gasteiger partial charge on any atom is 0.296 e. The van der Waals surface area contributed by atoms with Crippen LogP contribution in [0.3, 0.4) is 0 Å². The van der Waals surface area contributed by atoms with Crippen LogP contribution < -0.4 is 4.57 Å². The van der Waals surface area contributed by atoms with Crippen LogP contribution in [0.2, 0.25) is 0 Å². The smallest absolute Gasteiger partial charge is 0.264 e. The van der Waals surface area contributed by atoms with Gasteiger partial charge in [-0.05, 0) is 67.3 Å². The lowest BCUT2D eigenvalue weighted by atomic mass is 10.0. The third-order valence-corrected chi connectivity index (χ3v) is 6.15. The van der Waals surface area contributed by atoms with Crippen molar-refractivity contribution in [1.82, 2.24) is 9.55 Å². The van der Waals surface area contributed by atoms with E-state index in [1.165, 1.54) is 44.5 Å². The lowest BCUT2D eigenvalue weighted by Gasteiger charge is -2.10. The van der Waals surface area contributed by atoms with E-state index >= 15 is 0 Å². The molecule has 0 aliphatic carbocycles. The van der Waals surface area contributed by atoms with Gasteiger partial charge in [0, 0.05) is 18.0 Å². The van der Waals surface area contributed by atoms with Crippen molar-refractivity contribution < 1.29 is 4.57 Å². The molecule has 5 aromatic rings. The summed E-state index contributed by atoms with van der Waals surface area (Å²) in [6, 6.07) is 25.9. The minimum Gasteiger partial charge on any atom is -0.264 e. The minimum atomic E-state index is 1.14. The van der Waals surface area contributed by atoms with Crippen LogP contribution in [-0.4, -0.2) is 9.55 Å². The highest BCUT2D eigenvalue weighted by Gasteiger charge is 2.29. The molecule has 0 saturated carbocycles. The van der Waals surface area contributed by atoms with Crippen LogP contribution in [0.25, 0.3) is 39.2 Å². The van der Waals surface area contributed by atoms with E-state index in [1.54, 1.807) is 0 Å². The van der Waals surface area contributed by atoms with E-state index in [0.29, 0.717) is 0 Å². The number of imidazole rings is 1. The van der Waals surface area contributed by atoms with Crippen LogP contribution in [0, 0.1) is 20.8 Å². The summed E-state index contributed by atoms with van der Waals surface area (Å²) in [6.07, 6.45) is 3.83. The number of aromatic nitrogens is 3. The van der Waals surface area contributed by atoms with Crippen molar-refractivity contribution in [3.8, 4) is 28.2 Å². The zero-order chi connectivity index (χ0) is 21.5. The minimum absolute atomic E-state index is 1.14. The Balaban J connectivity index is 1.82. The molecule has 0 N–H and O–H groups in total. The largest absolute Gasteiger partial charge is 0.296 e. The van der Waals surface area contributed by atoms with Gasteiger partial charge >= 0.3 is 0 Å². The number of hydrogen-bond acceptors (Lipinski definition) is 1. The van der Waals surface area contributed by atoms with Gasteiger partial charge in [-0.2, -0.15) is 4.57 Å². The van der Waals surface area contributed by atoms with Gasteiger partial charge in [-0.1, -0.05) is 48.5 Å². The van der Waals surface area contributed by atoms with Crippen LogP contribution in [0.5, 0.6) is 0 Å². The van der Waals surface area contributed by atoms with Gasteiger partial charge in [0.05, 0.1) is 12.6 Å². The van der Waals surface area contributed by atoms with Crippen molar-refractivity contribution in [2.75, 3.05) is 0 Å². The normalized spacial score (nSPS) is 11.2. The zero-order valence-electron chi connectivity index (χ0n) is 18.4. The van der Waals surface area contributed by atoms with Crippen molar-refractivity contribution in [3.63, 3.8) is 0 Å². The molecule has 3 nitrogen and oxygen atoms in total. The number of nitrogens with zero attached hydrogens (tertiary/aromatic N) is 3. The van der Waals surface area contributed by atoms with E-state index in [0.717, 1.165) is 11.4 Å². The standard InChI is InChI=1S/C28H26N3/c1-19-15-16-29-18-24(19)28-30(4)27-20(2)9-8-12-26(27)31(28)25-14-13-23(17-21(25)3)22-10-6-5-7-11-22/h5-18H,1-4H3/q+1. The second-order valence-corrected chi connectivity index (χ2v) is 8.22. The summed E-state index contributed by atoms with van der Waals surface area (Å²) in [7, 11) is 2.15.